The molecule has 0 atom stereocenters. The number of benzene rings is 3. The molecule has 0 bridgehead atoms. The van der Waals surface area contributed by atoms with E-state index in [1.54, 1.807) is 18.2 Å². The van der Waals surface area contributed by atoms with E-state index in [0.29, 0.717) is 22.3 Å². The van der Waals surface area contributed by atoms with Crippen LogP contribution in [0.25, 0.3) is 17.2 Å². The summed E-state index contributed by atoms with van der Waals surface area (Å²) in [4.78, 5) is 24.7. The number of nitrogens with zero attached hydrogens (tertiary/aromatic N) is 1. The van der Waals surface area contributed by atoms with Crippen molar-refractivity contribution in [3.05, 3.63) is 82.3 Å². The normalized spacial score (nSPS) is 10.8. The summed E-state index contributed by atoms with van der Waals surface area (Å²) >= 11 is 3.49. The molecule has 0 saturated carbocycles. The first-order valence-corrected chi connectivity index (χ1v) is 12.5. The van der Waals surface area contributed by atoms with Crippen LogP contribution in [0.5, 0.6) is 17.2 Å². The molecule has 0 saturated heterocycles. The third-order valence-corrected chi connectivity index (χ3v) is 5.91. The summed E-state index contributed by atoms with van der Waals surface area (Å²) in [5.74, 6) is -0.0821. The predicted octanol–water partition coefficient (Wildman–Crippen LogP) is 5.93. The van der Waals surface area contributed by atoms with Crippen LogP contribution in [0.15, 0.2) is 76.8 Å². The van der Waals surface area contributed by atoms with Crippen LogP contribution < -0.4 is 19.5 Å². The van der Waals surface area contributed by atoms with Crippen molar-refractivity contribution in [2.24, 2.45) is 0 Å². The lowest BCUT2D eigenvalue weighted by atomic mass is 10.1. The summed E-state index contributed by atoms with van der Waals surface area (Å²) in [6.07, 6.45) is 3.22. The van der Waals surface area contributed by atoms with Gasteiger partial charge in [-0.25, -0.2) is 4.79 Å². The Balaban J connectivity index is 1.63. The standard InChI is InChI=1S/C29H27BrN2O5/c1-3-4-14-32-29(34)23(18-31)15-20-10-12-26(27(16-20)35-2)37-28(33)19-36-25-13-11-22(17-24(25)30)21-8-6-5-7-9-21/h5-13,15-17H,3-4,14,19H2,1-2H3,(H,32,34)/b23-15+. The number of hydrogen-bond acceptors (Lipinski definition) is 6. The highest BCUT2D eigenvalue weighted by atomic mass is 79.9. The molecular formula is C29H27BrN2O5. The van der Waals surface area contributed by atoms with Crippen LogP contribution in [0.4, 0.5) is 0 Å². The fourth-order valence-corrected chi connectivity index (χ4v) is 3.86. The Labute approximate surface area is 224 Å². The maximum absolute atomic E-state index is 12.5. The SMILES string of the molecule is CCCCNC(=O)/C(C#N)=C/c1ccc(OC(=O)COc2ccc(-c3ccccc3)cc2Br)c(OC)c1. The molecule has 8 heteroatoms. The lowest BCUT2D eigenvalue weighted by molar-refractivity contribution is -0.136. The van der Waals surface area contributed by atoms with E-state index in [9.17, 15) is 14.9 Å². The van der Waals surface area contributed by atoms with Crippen LogP contribution in [0, 0.1) is 11.3 Å². The minimum Gasteiger partial charge on any atom is -0.493 e. The molecule has 3 rings (SSSR count). The quantitative estimate of drug-likeness (QED) is 0.102. The molecule has 0 aromatic heterocycles. The fraction of sp³-hybridized carbons (Fsp3) is 0.207. The van der Waals surface area contributed by atoms with Gasteiger partial charge in [0.25, 0.3) is 5.91 Å². The second kappa shape index (κ2) is 13.9. The zero-order chi connectivity index (χ0) is 26.6. The number of ether oxygens (including phenoxy) is 3. The van der Waals surface area contributed by atoms with E-state index in [4.69, 9.17) is 14.2 Å². The Morgan fingerprint density at radius 1 is 1.00 bits per heavy atom. The van der Waals surface area contributed by atoms with E-state index in [2.05, 4.69) is 21.2 Å². The van der Waals surface area contributed by atoms with E-state index in [1.807, 2.05) is 55.5 Å². The van der Waals surface area contributed by atoms with E-state index >= 15 is 0 Å². The van der Waals surface area contributed by atoms with Gasteiger partial charge in [0.15, 0.2) is 18.1 Å². The summed E-state index contributed by atoms with van der Waals surface area (Å²) in [6.45, 7) is 2.20. The van der Waals surface area contributed by atoms with Crippen LogP contribution >= 0.6 is 15.9 Å². The van der Waals surface area contributed by atoms with Gasteiger partial charge < -0.3 is 19.5 Å². The Hall–Kier alpha value is -4.09. The van der Waals surface area contributed by atoms with Gasteiger partial charge in [-0.2, -0.15) is 5.26 Å². The number of methoxy groups -OCH3 is 1. The predicted molar refractivity (Wildman–Crippen MR) is 145 cm³/mol. The van der Waals surface area contributed by atoms with Crippen molar-refractivity contribution in [1.82, 2.24) is 5.32 Å². The Kier molecular flexibility index (Phi) is 10.3. The second-order valence-corrected chi connectivity index (χ2v) is 8.82. The minimum absolute atomic E-state index is 0.0276. The summed E-state index contributed by atoms with van der Waals surface area (Å²) in [5, 5.41) is 12.1. The lowest BCUT2D eigenvalue weighted by Gasteiger charge is -2.12. The maximum Gasteiger partial charge on any atom is 0.349 e. The number of nitrogens with one attached hydrogen (secondary N) is 1. The lowest BCUT2D eigenvalue weighted by Crippen LogP contribution is -2.25. The molecule has 0 unspecified atom stereocenters. The highest BCUT2D eigenvalue weighted by molar-refractivity contribution is 9.10. The highest BCUT2D eigenvalue weighted by Crippen LogP contribution is 2.32. The van der Waals surface area contributed by atoms with Crippen LogP contribution in [-0.2, 0) is 9.59 Å². The van der Waals surface area contributed by atoms with E-state index in [-0.39, 0.29) is 23.7 Å². The molecule has 0 fully saturated rings. The number of carbonyl (C=O) groups excluding carboxylic acids is 2. The summed E-state index contributed by atoms with van der Waals surface area (Å²) < 4.78 is 17.1. The maximum atomic E-state index is 12.5. The average Bonchev–Trinajstić information content (AvgIpc) is 2.92. The molecule has 190 valence electrons. The van der Waals surface area contributed by atoms with Gasteiger partial charge in [0.2, 0.25) is 0 Å². The van der Waals surface area contributed by atoms with Gasteiger partial charge in [-0.15, -0.1) is 0 Å². The molecule has 3 aromatic carbocycles. The first kappa shape index (κ1) is 27.5. The molecule has 37 heavy (non-hydrogen) atoms. The molecular weight excluding hydrogens is 536 g/mol. The zero-order valence-electron chi connectivity index (χ0n) is 20.6. The molecule has 0 aliphatic heterocycles. The van der Waals surface area contributed by atoms with E-state index in [1.165, 1.54) is 19.3 Å². The van der Waals surface area contributed by atoms with E-state index in [0.717, 1.165) is 24.0 Å². The molecule has 0 heterocycles. The third kappa shape index (κ3) is 7.95. The van der Waals surface area contributed by atoms with Gasteiger partial charge in [-0.05, 0) is 69.4 Å². The summed E-state index contributed by atoms with van der Waals surface area (Å²) in [6, 6.07) is 22.2. The number of amides is 1. The largest absolute Gasteiger partial charge is 0.493 e. The van der Waals surface area contributed by atoms with Crippen molar-refractivity contribution >= 4 is 33.9 Å². The van der Waals surface area contributed by atoms with Gasteiger partial charge in [0, 0.05) is 6.54 Å². The summed E-state index contributed by atoms with van der Waals surface area (Å²) in [5.41, 5.74) is 2.61. The monoisotopic (exact) mass is 562 g/mol. The van der Waals surface area contributed by atoms with Crippen molar-refractivity contribution in [3.8, 4) is 34.4 Å². The third-order valence-electron chi connectivity index (χ3n) is 5.29. The molecule has 1 N–H and O–H groups in total. The number of esters is 1. The molecule has 0 radical (unpaired) electrons. The summed E-state index contributed by atoms with van der Waals surface area (Å²) in [7, 11) is 1.44. The molecule has 0 spiro atoms. The number of rotatable bonds is 11. The van der Waals surface area contributed by atoms with Crippen molar-refractivity contribution in [1.29, 1.82) is 5.26 Å². The fourth-order valence-electron chi connectivity index (χ4n) is 3.36. The second-order valence-electron chi connectivity index (χ2n) is 7.96. The molecule has 7 nitrogen and oxygen atoms in total. The first-order chi connectivity index (χ1) is 17.9. The van der Waals surface area contributed by atoms with Crippen LogP contribution in [-0.4, -0.2) is 32.1 Å². The number of hydrogen-bond donors (Lipinski definition) is 1. The number of unbranched alkanes of at least 4 members (excludes halogenated alkanes) is 1. The van der Waals surface area contributed by atoms with E-state index < -0.39 is 11.9 Å². The molecule has 0 aliphatic rings. The molecule has 3 aromatic rings. The van der Waals surface area contributed by atoms with Crippen LogP contribution in [0.1, 0.15) is 25.3 Å². The van der Waals surface area contributed by atoms with Crippen LogP contribution in [0.3, 0.4) is 0 Å². The van der Waals surface area contributed by atoms with Gasteiger partial charge >= 0.3 is 5.97 Å². The molecule has 0 aliphatic carbocycles. The zero-order valence-corrected chi connectivity index (χ0v) is 22.2. The first-order valence-electron chi connectivity index (χ1n) is 11.7. The van der Waals surface area contributed by atoms with Crippen LogP contribution in [0.2, 0.25) is 0 Å². The Morgan fingerprint density at radius 2 is 1.76 bits per heavy atom. The van der Waals surface area contributed by atoms with Gasteiger partial charge in [-0.3, -0.25) is 4.79 Å². The highest BCUT2D eigenvalue weighted by Gasteiger charge is 2.14. The van der Waals surface area contributed by atoms with Crippen molar-refractivity contribution in [2.45, 2.75) is 19.8 Å². The van der Waals surface area contributed by atoms with Crippen molar-refractivity contribution in [2.75, 3.05) is 20.3 Å². The minimum atomic E-state index is -0.617. The number of nitriles is 1. The smallest absolute Gasteiger partial charge is 0.349 e. The Morgan fingerprint density at radius 3 is 2.43 bits per heavy atom. The average molecular weight is 563 g/mol. The van der Waals surface area contributed by atoms with Gasteiger partial charge in [-0.1, -0.05) is 55.8 Å². The van der Waals surface area contributed by atoms with Gasteiger partial charge in [0.1, 0.15) is 17.4 Å². The number of halogens is 1. The van der Waals surface area contributed by atoms with Gasteiger partial charge in [0.05, 0.1) is 11.6 Å². The molecule has 1 amide bonds. The van der Waals surface area contributed by atoms with Crippen molar-refractivity contribution < 1.29 is 23.8 Å². The van der Waals surface area contributed by atoms with Crippen molar-refractivity contribution in [3.63, 3.8) is 0 Å². The number of carbonyl (C=O) groups is 2. The topological polar surface area (TPSA) is 97.7 Å². The Bertz CT molecular complexity index is 1320.